The second-order valence-electron chi connectivity index (χ2n) is 5.20. The molecule has 3 heteroatoms. The zero-order valence-corrected chi connectivity index (χ0v) is 10.7. The number of imidazole rings is 1. The Bertz CT molecular complexity index is 551. The van der Waals surface area contributed by atoms with Gasteiger partial charge in [0.15, 0.2) is 0 Å². The molecule has 0 unspecified atom stereocenters. The molecule has 0 bridgehead atoms. The van der Waals surface area contributed by atoms with E-state index >= 15 is 0 Å². The number of hydrogen-bond donors (Lipinski definition) is 2. The van der Waals surface area contributed by atoms with Gasteiger partial charge < -0.3 is 10.7 Å². The van der Waals surface area contributed by atoms with Crippen molar-refractivity contribution in [2.45, 2.75) is 38.5 Å². The van der Waals surface area contributed by atoms with Crippen LogP contribution in [0.15, 0.2) is 24.3 Å². The summed E-state index contributed by atoms with van der Waals surface area (Å²) < 4.78 is 0. The van der Waals surface area contributed by atoms with E-state index in [1.165, 1.54) is 37.1 Å². The number of nitrogens with zero attached hydrogens (tertiary/aromatic N) is 1. The van der Waals surface area contributed by atoms with Crippen LogP contribution in [0.5, 0.6) is 0 Å². The second-order valence-corrected chi connectivity index (χ2v) is 5.20. The number of nitrogen functional groups attached to an aromatic ring is 1. The number of aromatic amines is 1. The summed E-state index contributed by atoms with van der Waals surface area (Å²) in [6.45, 7) is 2.12. The molecule has 0 atom stereocenters. The van der Waals surface area contributed by atoms with E-state index in [9.17, 15) is 0 Å². The minimum Gasteiger partial charge on any atom is -0.399 e. The molecule has 1 fully saturated rings. The third-order valence-electron chi connectivity index (χ3n) is 3.82. The highest BCUT2D eigenvalue weighted by atomic mass is 14.9. The summed E-state index contributed by atoms with van der Waals surface area (Å²) in [5.74, 6) is 1.60. The van der Waals surface area contributed by atoms with Crippen LogP contribution in [0.3, 0.4) is 0 Å². The molecule has 1 aliphatic rings. The first-order valence-corrected chi connectivity index (χ1v) is 6.66. The van der Waals surface area contributed by atoms with Gasteiger partial charge in [-0.2, -0.15) is 0 Å². The molecule has 1 aromatic heterocycles. The third-order valence-corrected chi connectivity index (χ3v) is 3.82. The monoisotopic (exact) mass is 241 g/mol. The van der Waals surface area contributed by atoms with Crippen LogP contribution < -0.4 is 5.73 Å². The van der Waals surface area contributed by atoms with E-state index < -0.39 is 0 Å². The van der Waals surface area contributed by atoms with Gasteiger partial charge in [-0.05, 0) is 31.9 Å². The SMILES string of the molecule is Cc1[nH]c(-c2cccc(N)c2)nc1C1CCCC1. The molecular weight excluding hydrogens is 222 g/mol. The van der Waals surface area contributed by atoms with Crippen LogP contribution in [0.25, 0.3) is 11.4 Å². The van der Waals surface area contributed by atoms with Crippen LogP contribution in [0.4, 0.5) is 5.69 Å². The van der Waals surface area contributed by atoms with Crippen molar-refractivity contribution in [2.24, 2.45) is 0 Å². The smallest absolute Gasteiger partial charge is 0.137 e. The van der Waals surface area contributed by atoms with E-state index in [1.807, 2.05) is 24.3 Å². The van der Waals surface area contributed by atoms with E-state index in [2.05, 4.69) is 11.9 Å². The molecule has 0 radical (unpaired) electrons. The Kier molecular flexibility index (Phi) is 2.82. The maximum Gasteiger partial charge on any atom is 0.137 e. The molecule has 0 spiro atoms. The number of hydrogen-bond acceptors (Lipinski definition) is 2. The van der Waals surface area contributed by atoms with E-state index in [1.54, 1.807) is 0 Å². The standard InChI is InChI=1S/C15H19N3/c1-10-14(11-5-2-3-6-11)18-15(17-10)12-7-4-8-13(16)9-12/h4,7-9,11H,2-3,5-6,16H2,1H3,(H,17,18). The molecule has 3 N–H and O–H groups in total. The number of nitrogens with two attached hydrogens (primary N) is 1. The summed E-state index contributed by atoms with van der Waals surface area (Å²) in [5, 5.41) is 0. The molecule has 0 amide bonds. The lowest BCUT2D eigenvalue weighted by Crippen LogP contribution is -1.94. The highest BCUT2D eigenvalue weighted by molar-refractivity contribution is 5.61. The van der Waals surface area contributed by atoms with E-state index in [0.29, 0.717) is 5.92 Å². The molecule has 3 rings (SSSR count). The van der Waals surface area contributed by atoms with Crippen LogP contribution in [-0.4, -0.2) is 9.97 Å². The first kappa shape index (κ1) is 11.3. The molecule has 1 heterocycles. The highest BCUT2D eigenvalue weighted by Gasteiger charge is 2.22. The Morgan fingerprint density at radius 3 is 2.78 bits per heavy atom. The van der Waals surface area contributed by atoms with Gasteiger partial charge in [0.2, 0.25) is 0 Å². The molecule has 1 aromatic carbocycles. The van der Waals surface area contributed by atoms with E-state index in [4.69, 9.17) is 10.7 Å². The molecule has 0 saturated heterocycles. The number of rotatable bonds is 2. The summed E-state index contributed by atoms with van der Waals surface area (Å²) in [6, 6.07) is 7.89. The van der Waals surface area contributed by atoms with Crippen molar-refractivity contribution in [1.82, 2.24) is 9.97 Å². The number of H-pyrrole nitrogens is 1. The average molecular weight is 241 g/mol. The second kappa shape index (κ2) is 4.48. The first-order chi connectivity index (χ1) is 8.74. The van der Waals surface area contributed by atoms with Gasteiger partial charge in [-0.1, -0.05) is 25.0 Å². The average Bonchev–Trinajstić information content (AvgIpc) is 2.97. The van der Waals surface area contributed by atoms with Gasteiger partial charge in [0, 0.05) is 22.9 Å². The summed E-state index contributed by atoms with van der Waals surface area (Å²) in [4.78, 5) is 8.19. The van der Waals surface area contributed by atoms with Crippen molar-refractivity contribution in [3.63, 3.8) is 0 Å². The number of benzene rings is 1. The molecular formula is C15H19N3. The van der Waals surface area contributed by atoms with Gasteiger partial charge in [-0.15, -0.1) is 0 Å². The van der Waals surface area contributed by atoms with Gasteiger partial charge >= 0.3 is 0 Å². The Morgan fingerprint density at radius 1 is 1.28 bits per heavy atom. The molecule has 3 nitrogen and oxygen atoms in total. The molecule has 1 saturated carbocycles. The van der Waals surface area contributed by atoms with Gasteiger partial charge in [-0.25, -0.2) is 4.98 Å². The van der Waals surface area contributed by atoms with Crippen molar-refractivity contribution in [1.29, 1.82) is 0 Å². The summed E-state index contributed by atoms with van der Waals surface area (Å²) in [6.07, 6.45) is 5.24. The van der Waals surface area contributed by atoms with E-state index in [-0.39, 0.29) is 0 Å². The fraction of sp³-hybridized carbons (Fsp3) is 0.400. The zero-order valence-electron chi connectivity index (χ0n) is 10.7. The Labute approximate surface area is 107 Å². The lowest BCUT2D eigenvalue weighted by atomic mass is 10.0. The van der Waals surface area contributed by atoms with Crippen LogP contribution >= 0.6 is 0 Å². The minimum atomic E-state index is 0.649. The predicted molar refractivity (Wildman–Crippen MR) is 74.4 cm³/mol. The van der Waals surface area contributed by atoms with Gasteiger partial charge in [0.25, 0.3) is 0 Å². The van der Waals surface area contributed by atoms with Crippen LogP contribution in [0, 0.1) is 6.92 Å². The van der Waals surface area contributed by atoms with Gasteiger partial charge in [0.1, 0.15) is 5.82 Å². The van der Waals surface area contributed by atoms with Crippen LogP contribution in [-0.2, 0) is 0 Å². The first-order valence-electron chi connectivity index (χ1n) is 6.66. The lowest BCUT2D eigenvalue weighted by Gasteiger charge is -2.05. The Morgan fingerprint density at radius 2 is 2.06 bits per heavy atom. The Balaban J connectivity index is 1.96. The summed E-state index contributed by atoms with van der Waals surface area (Å²) in [7, 11) is 0. The fourth-order valence-corrected chi connectivity index (χ4v) is 2.89. The van der Waals surface area contributed by atoms with E-state index in [0.717, 1.165) is 17.1 Å². The molecule has 18 heavy (non-hydrogen) atoms. The quantitative estimate of drug-likeness (QED) is 0.789. The molecule has 2 aromatic rings. The number of aryl methyl sites for hydroxylation is 1. The third kappa shape index (κ3) is 2.01. The Hall–Kier alpha value is -1.77. The van der Waals surface area contributed by atoms with Crippen molar-refractivity contribution in [2.75, 3.05) is 5.73 Å². The number of nitrogens with one attached hydrogen (secondary N) is 1. The fourth-order valence-electron chi connectivity index (χ4n) is 2.89. The molecule has 94 valence electrons. The van der Waals surface area contributed by atoms with Gasteiger partial charge in [-0.3, -0.25) is 0 Å². The summed E-state index contributed by atoms with van der Waals surface area (Å²) in [5.41, 5.74) is 10.1. The zero-order chi connectivity index (χ0) is 12.5. The normalized spacial score (nSPS) is 16.3. The van der Waals surface area contributed by atoms with Crippen LogP contribution in [0.2, 0.25) is 0 Å². The number of anilines is 1. The van der Waals surface area contributed by atoms with Crippen molar-refractivity contribution in [3.05, 3.63) is 35.7 Å². The minimum absolute atomic E-state index is 0.649. The number of aromatic nitrogens is 2. The maximum atomic E-state index is 5.82. The topological polar surface area (TPSA) is 54.7 Å². The molecule has 1 aliphatic carbocycles. The van der Waals surface area contributed by atoms with Gasteiger partial charge in [0.05, 0.1) is 5.69 Å². The largest absolute Gasteiger partial charge is 0.399 e. The maximum absolute atomic E-state index is 5.82. The molecule has 0 aliphatic heterocycles. The van der Waals surface area contributed by atoms with Crippen molar-refractivity contribution >= 4 is 5.69 Å². The lowest BCUT2D eigenvalue weighted by molar-refractivity contribution is 0.697. The highest BCUT2D eigenvalue weighted by Crippen LogP contribution is 2.35. The van der Waals surface area contributed by atoms with Crippen LogP contribution in [0.1, 0.15) is 43.0 Å². The predicted octanol–water partition coefficient (Wildman–Crippen LogP) is 3.62. The summed E-state index contributed by atoms with van der Waals surface area (Å²) >= 11 is 0. The van der Waals surface area contributed by atoms with Crippen molar-refractivity contribution < 1.29 is 0 Å². The van der Waals surface area contributed by atoms with Crippen molar-refractivity contribution in [3.8, 4) is 11.4 Å².